The molecule has 0 spiro atoms. The minimum atomic E-state index is 0.356. The Morgan fingerprint density at radius 2 is 0.786 bits per heavy atom. The molecular formula is C38H20N2O2. The van der Waals surface area contributed by atoms with E-state index in [2.05, 4.69) is 78.9 Å². The molecule has 2 aromatic heterocycles. The van der Waals surface area contributed by atoms with Gasteiger partial charge in [0.15, 0.2) is 0 Å². The smallest absolute Gasteiger partial charge is 0.136 e. The summed E-state index contributed by atoms with van der Waals surface area (Å²) in [4.78, 5) is 0. The molecule has 0 fully saturated rings. The second-order valence-corrected chi connectivity index (χ2v) is 10.4. The summed E-state index contributed by atoms with van der Waals surface area (Å²) in [5.74, 6) is 0. The van der Waals surface area contributed by atoms with Gasteiger partial charge in [0.05, 0.1) is 11.1 Å². The van der Waals surface area contributed by atoms with Crippen molar-refractivity contribution in [3.05, 3.63) is 132 Å². The molecule has 42 heavy (non-hydrogen) atoms. The first-order valence-electron chi connectivity index (χ1n) is 13.6. The van der Waals surface area contributed by atoms with Gasteiger partial charge >= 0.3 is 0 Å². The maximum Gasteiger partial charge on any atom is 0.136 e. The second kappa shape index (κ2) is 9.24. The monoisotopic (exact) mass is 536 g/mol. The van der Waals surface area contributed by atoms with Crippen LogP contribution >= 0.6 is 0 Å². The standard InChI is InChI=1S/C38H20N2O2/c39-21-26-10-9-23(15-30(26)22-40)27-16-28(24-11-13-33-31-5-1-3-7-35(31)41-37(33)19-24)18-29(17-27)25-12-14-34-32-6-2-4-8-36(32)42-38(34)20-25/h1-20H. The number of nitriles is 2. The van der Waals surface area contributed by atoms with Gasteiger partial charge in [0.25, 0.3) is 0 Å². The van der Waals surface area contributed by atoms with Crippen molar-refractivity contribution >= 4 is 43.9 Å². The van der Waals surface area contributed by atoms with E-state index in [-0.39, 0.29) is 0 Å². The van der Waals surface area contributed by atoms with Gasteiger partial charge in [-0.3, -0.25) is 0 Å². The number of rotatable bonds is 3. The summed E-state index contributed by atoms with van der Waals surface area (Å²) < 4.78 is 12.4. The van der Waals surface area contributed by atoms with Crippen LogP contribution in [0.2, 0.25) is 0 Å². The van der Waals surface area contributed by atoms with Gasteiger partial charge in [-0.2, -0.15) is 10.5 Å². The molecule has 6 aromatic carbocycles. The van der Waals surface area contributed by atoms with Gasteiger partial charge < -0.3 is 8.83 Å². The van der Waals surface area contributed by atoms with E-state index in [4.69, 9.17) is 8.83 Å². The van der Waals surface area contributed by atoms with Crippen molar-refractivity contribution < 1.29 is 8.83 Å². The largest absolute Gasteiger partial charge is 0.456 e. The van der Waals surface area contributed by atoms with Crippen LogP contribution < -0.4 is 0 Å². The summed E-state index contributed by atoms with van der Waals surface area (Å²) in [5, 5.41) is 23.5. The van der Waals surface area contributed by atoms with E-state index >= 15 is 0 Å². The zero-order chi connectivity index (χ0) is 28.2. The molecular weight excluding hydrogens is 516 g/mol. The van der Waals surface area contributed by atoms with Crippen molar-refractivity contribution in [3.8, 4) is 45.5 Å². The molecule has 0 amide bonds. The van der Waals surface area contributed by atoms with Crippen LogP contribution in [0.3, 0.4) is 0 Å². The molecule has 2 heterocycles. The predicted molar refractivity (Wildman–Crippen MR) is 167 cm³/mol. The van der Waals surface area contributed by atoms with E-state index in [9.17, 15) is 10.5 Å². The molecule has 0 radical (unpaired) electrons. The van der Waals surface area contributed by atoms with Crippen LogP contribution in [-0.4, -0.2) is 0 Å². The molecule has 0 unspecified atom stereocenters. The molecule has 0 N–H and O–H groups in total. The number of furan rings is 2. The molecule has 0 saturated heterocycles. The van der Waals surface area contributed by atoms with E-state index in [1.807, 2.05) is 42.5 Å². The number of fused-ring (bicyclic) bond motifs is 6. The Hall–Kier alpha value is -6.10. The lowest BCUT2D eigenvalue weighted by atomic mass is 9.91. The van der Waals surface area contributed by atoms with E-state index < -0.39 is 0 Å². The van der Waals surface area contributed by atoms with E-state index in [0.717, 1.165) is 77.3 Å². The molecule has 0 aliphatic heterocycles. The topological polar surface area (TPSA) is 73.9 Å². The van der Waals surface area contributed by atoms with E-state index in [1.54, 1.807) is 12.1 Å². The second-order valence-electron chi connectivity index (χ2n) is 10.4. The summed E-state index contributed by atoms with van der Waals surface area (Å²) in [6.45, 7) is 0. The fourth-order valence-electron chi connectivity index (χ4n) is 5.85. The van der Waals surface area contributed by atoms with Crippen molar-refractivity contribution in [1.82, 2.24) is 0 Å². The highest BCUT2D eigenvalue weighted by Crippen LogP contribution is 2.38. The number of para-hydroxylation sites is 2. The Labute approximate surface area is 240 Å². The number of benzene rings is 6. The minimum Gasteiger partial charge on any atom is -0.456 e. The number of hydrogen-bond donors (Lipinski definition) is 0. The summed E-state index contributed by atoms with van der Waals surface area (Å²) in [7, 11) is 0. The molecule has 8 aromatic rings. The summed E-state index contributed by atoms with van der Waals surface area (Å²) >= 11 is 0. The fraction of sp³-hybridized carbons (Fsp3) is 0. The highest BCUT2D eigenvalue weighted by atomic mass is 16.3. The molecule has 0 aliphatic carbocycles. The predicted octanol–water partition coefficient (Wildman–Crippen LogP) is 10.2. The molecule has 4 heteroatoms. The van der Waals surface area contributed by atoms with Crippen molar-refractivity contribution in [1.29, 1.82) is 10.5 Å². The minimum absolute atomic E-state index is 0.356. The first-order chi connectivity index (χ1) is 20.7. The molecule has 8 rings (SSSR count). The highest BCUT2D eigenvalue weighted by Gasteiger charge is 2.14. The quantitative estimate of drug-likeness (QED) is 0.225. The van der Waals surface area contributed by atoms with Crippen LogP contribution in [0, 0.1) is 22.7 Å². The van der Waals surface area contributed by atoms with Gasteiger partial charge in [0.2, 0.25) is 0 Å². The zero-order valence-electron chi connectivity index (χ0n) is 22.3. The maximum atomic E-state index is 9.69. The Kier molecular flexibility index (Phi) is 5.22. The van der Waals surface area contributed by atoms with Crippen LogP contribution in [0.25, 0.3) is 77.3 Å². The first-order valence-corrected chi connectivity index (χ1v) is 13.6. The maximum absolute atomic E-state index is 9.69. The van der Waals surface area contributed by atoms with Crippen molar-refractivity contribution in [2.75, 3.05) is 0 Å². The molecule has 194 valence electrons. The lowest BCUT2D eigenvalue weighted by Crippen LogP contribution is -1.89. The SMILES string of the molecule is N#Cc1ccc(-c2cc(-c3ccc4c(c3)oc3ccccc34)cc(-c3ccc4c(c3)oc3ccccc34)c2)cc1C#N. The summed E-state index contributed by atoms with van der Waals surface area (Å²) in [6, 6.07) is 44.8. The van der Waals surface area contributed by atoms with E-state index in [0.29, 0.717) is 11.1 Å². The van der Waals surface area contributed by atoms with Crippen molar-refractivity contribution in [2.24, 2.45) is 0 Å². The van der Waals surface area contributed by atoms with Crippen LogP contribution in [0.5, 0.6) is 0 Å². The highest BCUT2D eigenvalue weighted by molar-refractivity contribution is 6.07. The summed E-state index contributed by atoms with van der Waals surface area (Å²) in [5.41, 5.74) is 9.96. The van der Waals surface area contributed by atoms with Crippen LogP contribution in [0.4, 0.5) is 0 Å². The lowest BCUT2D eigenvalue weighted by Gasteiger charge is -2.12. The average Bonchev–Trinajstić information content (AvgIpc) is 3.61. The molecule has 0 aliphatic rings. The molecule has 4 nitrogen and oxygen atoms in total. The molecule has 0 atom stereocenters. The Bertz CT molecular complexity index is 2310. The third kappa shape index (κ3) is 3.75. The third-order valence-electron chi connectivity index (χ3n) is 7.95. The van der Waals surface area contributed by atoms with Crippen LogP contribution in [0.1, 0.15) is 11.1 Å². The Morgan fingerprint density at radius 3 is 1.29 bits per heavy atom. The Morgan fingerprint density at radius 1 is 0.357 bits per heavy atom. The molecule has 0 bridgehead atoms. The fourth-order valence-corrected chi connectivity index (χ4v) is 5.85. The first kappa shape index (κ1) is 23.8. The van der Waals surface area contributed by atoms with Gasteiger partial charge in [-0.05, 0) is 100 Å². The van der Waals surface area contributed by atoms with Crippen molar-refractivity contribution in [2.45, 2.75) is 0 Å². The normalized spacial score (nSPS) is 11.3. The van der Waals surface area contributed by atoms with Crippen LogP contribution in [-0.2, 0) is 0 Å². The molecule has 0 saturated carbocycles. The van der Waals surface area contributed by atoms with Gasteiger partial charge in [0, 0.05) is 21.5 Å². The average molecular weight is 537 g/mol. The van der Waals surface area contributed by atoms with Gasteiger partial charge in [0.1, 0.15) is 34.5 Å². The lowest BCUT2D eigenvalue weighted by molar-refractivity contribution is 0.668. The van der Waals surface area contributed by atoms with Gasteiger partial charge in [-0.25, -0.2) is 0 Å². The Balaban J connectivity index is 1.34. The van der Waals surface area contributed by atoms with E-state index in [1.165, 1.54) is 0 Å². The van der Waals surface area contributed by atoms with Gasteiger partial charge in [-0.15, -0.1) is 0 Å². The summed E-state index contributed by atoms with van der Waals surface area (Å²) in [6.07, 6.45) is 0. The van der Waals surface area contributed by atoms with Crippen molar-refractivity contribution in [3.63, 3.8) is 0 Å². The number of hydrogen-bond acceptors (Lipinski definition) is 4. The van der Waals surface area contributed by atoms with Crippen LogP contribution in [0.15, 0.2) is 130 Å². The van der Waals surface area contributed by atoms with Gasteiger partial charge in [-0.1, -0.05) is 54.6 Å². The third-order valence-corrected chi connectivity index (χ3v) is 7.95. The number of nitrogens with zero attached hydrogens (tertiary/aromatic N) is 2. The zero-order valence-corrected chi connectivity index (χ0v) is 22.3.